The average Bonchev–Trinajstić information content (AvgIpc) is 2.36. The summed E-state index contributed by atoms with van der Waals surface area (Å²) in [4.78, 5) is 11.3. The van der Waals surface area contributed by atoms with E-state index in [0.29, 0.717) is 11.5 Å². The van der Waals surface area contributed by atoms with Crippen molar-refractivity contribution in [3.8, 4) is 5.75 Å². The molecule has 1 aromatic rings. The molecule has 1 aromatic heterocycles. The predicted octanol–water partition coefficient (Wildman–Crippen LogP) is 2.07. The largest absolute Gasteiger partial charge is 0.462 e. The molecule has 0 spiro atoms. The fourth-order valence-electron chi connectivity index (χ4n) is 0.628. The number of ether oxygens (including phenoxy) is 1. The van der Waals surface area contributed by atoms with E-state index in [1.54, 1.807) is 6.92 Å². The van der Waals surface area contributed by atoms with E-state index in [-0.39, 0.29) is 5.75 Å². The zero-order valence-electron chi connectivity index (χ0n) is 5.99. The van der Waals surface area contributed by atoms with E-state index in [1.807, 2.05) is 0 Å². The molecule has 0 aromatic carbocycles. The van der Waals surface area contributed by atoms with Gasteiger partial charge in [-0.05, 0) is 6.92 Å². The Morgan fingerprint density at radius 1 is 1.73 bits per heavy atom. The lowest BCUT2D eigenvalue weighted by atomic mass is 10.4. The zero-order valence-corrected chi connectivity index (χ0v) is 6.81. The van der Waals surface area contributed by atoms with Gasteiger partial charge in [0, 0.05) is 11.4 Å². The third kappa shape index (κ3) is 1.94. The molecule has 11 heavy (non-hydrogen) atoms. The molecule has 0 atom stereocenters. The molecule has 59 valence electrons. The highest BCUT2D eigenvalue weighted by Gasteiger charge is 2.09. The first-order chi connectivity index (χ1) is 5.24. The lowest BCUT2D eigenvalue weighted by Crippen LogP contribution is -2.01. The third-order valence-corrected chi connectivity index (χ3v) is 1.94. The van der Waals surface area contributed by atoms with Crippen LogP contribution in [-0.4, -0.2) is 12.6 Å². The molecular formula is C7H7O3S. The van der Waals surface area contributed by atoms with Crippen molar-refractivity contribution >= 4 is 17.3 Å². The highest BCUT2D eigenvalue weighted by molar-refractivity contribution is 7.12. The summed E-state index contributed by atoms with van der Waals surface area (Å²) in [6.07, 6.45) is 0. The summed E-state index contributed by atoms with van der Waals surface area (Å²) < 4.78 is 4.67. The molecule has 4 heteroatoms. The Hall–Kier alpha value is -1.03. The van der Waals surface area contributed by atoms with Gasteiger partial charge in [-0.15, -0.1) is 11.3 Å². The molecule has 0 aliphatic heterocycles. The maximum atomic E-state index is 10.9. The fourth-order valence-corrected chi connectivity index (χ4v) is 1.28. The highest BCUT2D eigenvalue weighted by Crippen LogP contribution is 2.20. The Morgan fingerprint density at radius 2 is 2.45 bits per heavy atom. The molecule has 0 saturated carbocycles. The van der Waals surface area contributed by atoms with Crippen LogP contribution in [0.5, 0.6) is 5.75 Å². The molecule has 1 radical (unpaired) electrons. The van der Waals surface area contributed by atoms with Crippen molar-refractivity contribution in [2.45, 2.75) is 6.92 Å². The van der Waals surface area contributed by atoms with E-state index in [4.69, 9.17) is 0 Å². The van der Waals surface area contributed by atoms with E-state index in [0.717, 1.165) is 11.3 Å². The number of carbonyl (C=O) groups is 1. The second-order valence-electron chi connectivity index (χ2n) is 1.87. The van der Waals surface area contributed by atoms with Crippen molar-refractivity contribution in [3.05, 3.63) is 16.3 Å². The second kappa shape index (κ2) is 3.39. The molecule has 0 saturated heterocycles. The van der Waals surface area contributed by atoms with Gasteiger partial charge in [0.1, 0.15) is 4.88 Å². The Labute approximate surface area is 68.2 Å². The Morgan fingerprint density at radius 3 is 2.91 bits per heavy atom. The van der Waals surface area contributed by atoms with Gasteiger partial charge in [0.05, 0.1) is 6.61 Å². The zero-order chi connectivity index (χ0) is 8.27. The van der Waals surface area contributed by atoms with Crippen LogP contribution in [0.3, 0.4) is 0 Å². The van der Waals surface area contributed by atoms with Gasteiger partial charge in [0.2, 0.25) is 0 Å². The van der Waals surface area contributed by atoms with Gasteiger partial charge in [-0.1, -0.05) is 0 Å². The summed E-state index contributed by atoms with van der Waals surface area (Å²) in [5.41, 5.74) is 0. The number of hydrogen-bond acceptors (Lipinski definition) is 3. The summed E-state index contributed by atoms with van der Waals surface area (Å²) in [5.74, 6) is -0.558. The quantitative estimate of drug-likeness (QED) is 0.639. The van der Waals surface area contributed by atoms with Gasteiger partial charge >= 0.3 is 5.97 Å². The van der Waals surface area contributed by atoms with E-state index in [2.05, 4.69) is 4.74 Å². The minimum atomic E-state index is -0.417. The van der Waals surface area contributed by atoms with Gasteiger partial charge < -0.3 is 4.74 Å². The van der Waals surface area contributed by atoms with E-state index >= 15 is 0 Å². The van der Waals surface area contributed by atoms with Crippen LogP contribution < -0.4 is 0 Å². The predicted molar refractivity (Wildman–Crippen MR) is 40.4 cm³/mol. The standard InChI is InChI=1S/C7H7O3S/c1-2-10-7(9)6-3-5(8)4-11-6/h3-4H,2H2,1H3. The van der Waals surface area contributed by atoms with Crippen LogP contribution in [0.1, 0.15) is 16.6 Å². The summed E-state index contributed by atoms with van der Waals surface area (Å²) in [7, 11) is 0. The molecule has 3 nitrogen and oxygen atoms in total. The maximum absolute atomic E-state index is 10.9. The van der Waals surface area contributed by atoms with Crippen molar-refractivity contribution in [2.24, 2.45) is 0 Å². The van der Waals surface area contributed by atoms with Crippen molar-refractivity contribution in [1.29, 1.82) is 0 Å². The molecule has 1 heterocycles. The minimum Gasteiger partial charge on any atom is -0.462 e. The summed E-state index contributed by atoms with van der Waals surface area (Å²) in [5, 5.41) is 12.0. The monoisotopic (exact) mass is 171 g/mol. The van der Waals surface area contributed by atoms with Gasteiger partial charge in [-0.25, -0.2) is 4.79 Å². The van der Waals surface area contributed by atoms with Crippen LogP contribution in [0.15, 0.2) is 11.4 Å². The number of thiophene rings is 1. The average molecular weight is 171 g/mol. The van der Waals surface area contributed by atoms with Gasteiger partial charge in [-0.3, -0.25) is 5.11 Å². The Bertz CT molecular complexity index is 254. The van der Waals surface area contributed by atoms with Crippen LogP contribution >= 0.6 is 11.3 Å². The van der Waals surface area contributed by atoms with Crippen molar-refractivity contribution in [2.75, 3.05) is 6.61 Å². The lowest BCUT2D eigenvalue weighted by Gasteiger charge is -1.95. The van der Waals surface area contributed by atoms with Crippen molar-refractivity contribution in [3.63, 3.8) is 0 Å². The third-order valence-electron chi connectivity index (χ3n) is 1.05. The van der Waals surface area contributed by atoms with Crippen molar-refractivity contribution in [1.82, 2.24) is 0 Å². The molecule has 0 fully saturated rings. The molecule has 0 unspecified atom stereocenters. The number of carbonyl (C=O) groups excluding carboxylic acids is 1. The van der Waals surface area contributed by atoms with Crippen LogP contribution in [0.4, 0.5) is 0 Å². The molecule has 1 rings (SSSR count). The first-order valence-electron chi connectivity index (χ1n) is 3.16. The smallest absolute Gasteiger partial charge is 0.348 e. The first-order valence-corrected chi connectivity index (χ1v) is 4.04. The molecule has 0 aliphatic carbocycles. The van der Waals surface area contributed by atoms with Gasteiger partial charge in [0.15, 0.2) is 5.75 Å². The van der Waals surface area contributed by atoms with Crippen LogP contribution in [0.2, 0.25) is 0 Å². The molecule has 0 N–H and O–H groups in total. The SMILES string of the molecule is CCOC(=O)c1cc([O])cs1. The molecular weight excluding hydrogens is 164 g/mol. The maximum Gasteiger partial charge on any atom is 0.348 e. The van der Waals surface area contributed by atoms with E-state index in [1.165, 1.54) is 11.4 Å². The summed E-state index contributed by atoms with van der Waals surface area (Å²) >= 11 is 1.11. The van der Waals surface area contributed by atoms with Crippen LogP contribution in [-0.2, 0) is 9.84 Å². The Balaban J connectivity index is 2.69. The van der Waals surface area contributed by atoms with Crippen LogP contribution in [0.25, 0.3) is 0 Å². The first kappa shape index (κ1) is 8.07. The summed E-state index contributed by atoms with van der Waals surface area (Å²) in [6.45, 7) is 2.06. The van der Waals surface area contributed by atoms with Crippen LogP contribution in [0, 0.1) is 0 Å². The molecule has 0 amide bonds. The van der Waals surface area contributed by atoms with Gasteiger partial charge in [0.25, 0.3) is 0 Å². The molecule has 0 aliphatic rings. The minimum absolute atomic E-state index is 0.141. The number of hydrogen-bond donors (Lipinski definition) is 0. The normalized spacial score (nSPS) is 9.55. The summed E-state index contributed by atoms with van der Waals surface area (Å²) in [6, 6.07) is 1.28. The fraction of sp³-hybridized carbons (Fsp3) is 0.286. The Kier molecular flexibility index (Phi) is 2.48. The second-order valence-corrected chi connectivity index (χ2v) is 2.78. The lowest BCUT2D eigenvalue weighted by molar-refractivity contribution is 0.0531. The number of esters is 1. The van der Waals surface area contributed by atoms with E-state index < -0.39 is 5.97 Å². The van der Waals surface area contributed by atoms with Crippen molar-refractivity contribution < 1.29 is 14.6 Å². The number of rotatable bonds is 2. The topological polar surface area (TPSA) is 46.2 Å². The molecule has 0 bridgehead atoms. The van der Waals surface area contributed by atoms with E-state index in [9.17, 15) is 9.90 Å². The van der Waals surface area contributed by atoms with Gasteiger partial charge in [-0.2, -0.15) is 0 Å². The highest BCUT2D eigenvalue weighted by atomic mass is 32.1.